The van der Waals surface area contributed by atoms with Crippen LogP contribution >= 0.6 is 23.2 Å². The first-order valence-corrected chi connectivity index (χ1v) is 3.42. The Hall–Kier alpha value is -0.0105. The summed E-state index contributed by atoms with van der Waals surface area (Å²) >= 11 is 10.8. The van der Waals surface area contributed by atoms with E-state index >= 15 is 0 Å². The maximum atomic E-state index is 10.5. The van der Waals surface area contributed by atoms with Crippen LogP contribution in [0.2, 0.25) is 5.02 Å². The van der Waals surface area contributed by atoms with Crippen molar-refractivity contribution in [1.29, 1.82) is 0 Å². The van der Waals surface area contributed by atoms with Crippen LogP contribution in [-0.4, -0.2) is 22.3 Å². The number of hydrogen-bond acceptors (Lipinski definition) is 1. The average molecular weight is 256 g/mol. The molecular weight excluding hydrogens is 250 g/mol. The van der Waals surface area contributed by atoms with Crippen molar-refractivity contribution in [3.63, 3.8) is 0 Å². The molecule has 0 atom stereocenters. The van der Waals surface area contributed by atoms with Crippen LogP contribution in [0.3, 0.4) is 0 Å². The van der Waals surface area contributed by atoms with Crippen LogP contribution in [0.5, 0.6) is 0 Å². The Morgan fingerprint density at radius 3 is 2.18 bits per heavy atom. The molecule has 60 valence electrons. The van der Waals surface area contributed by atoms with Crippen molar-refractivity contribution in [1.82, 2.24) is 0 Å². The predicted octanol–water partition coefficient (Wildman–Crippen LogP) is 1.80. The molecule has 0 radical (unpaired) electrons. The molecule has 0 aliphatic rings. The van der Waals surface area contributed by atoms with Crippen LogP contribution < -0.4 is 0 Å². The Labute approximate surface area is 85.2 Å². The topological polar surface area (TPSA) is 17.1 Å². The van der Waals surface area contributed by atoms with Gasteiger partial charge in [-0.2, -0.15) is 0 Å². The zero-order valence-corrected chi connectivity index (χ0v) is 9.08. The summed E-state index contributed by atoms with van der Waals surface area (Å²) in [5.41, 5.74) is 0.353. The van der Waals surface area contributed by atoms with Gasteiger partial charge in [0, 0.05) is 0 Å². The fraction of sp³-hybridized carbons (Fsp3) is 0. The van der Waals surface area contributed by atoms with Gasteiger partial charge in [-0.05, 0) is 23.7 Å². The molecule has 1 aromatic rings. The van der Waals surface area contributed by atoms with E-state index in [0.717, 1.165) is 0 Å². The minimum atomic E-state index is -0.523. The van der Waals surface area contributed by atoms with Gasteiger partial charge in [0.15, 0.2) is 0 Å². The third kappa shape index (κ3) is 2.84. The zero-order chi connectivity index (χ0) is 7.56. The molecule has 0 unspecified atom stereocenters. The maximum absolute atomic E-state index is 10.5. The second-order valence-corrected chi connectivity index (χ2v) is 2.50. The normalized spacial score (nSPS) is 8.55. The molecule has 0 bridgehead atoms. The summed E-state index contributed by atoms with van der Waals surface area (Å²) in [5, 5.41) is -0.131. The van der Waals surface area contributed by atoms with Crippen LogP contribution in [0.15, 0.2) is 24.3 Å². The van der Waals surface area contributed by atoms with Crippen molar-refractivity contribution in [2.24, 2.45) is 0 Å². The fourth-order valence-electron chi connectivity index (χ4n) is 0.621. The predicted molar refractivity (Wildman–Crippen MR) is 50.2 cm³/mol. The first-order chi connectivity index (χ1) is 4.72. The van der Waals surface area contributed by atoms with Crippen molar-refractivity contribution in [3.8, 4) is 0 Å². The summed E-state index contributed by atoms with van der Waals surface area (Å²) in [4.78, 5) is 10.5. The molecular formula is C7H6Cl2OSe. The van der Waals surface area contributed by atoms with Crippen LogP contribution in [0, 0.1) is 0 Å². The van der Waals surface area contributed by atoms with Crippen LogP contribution in [0.25, 0.3) is 0 Å². The summed E-state index contributed by atoms with van der Waals surface area (Å²) < 4.78 is 0. The standard InChI is InChI=1S/C7H4Cl2O.H2Se/c8-6-4-2-1-3-5(6)7(9)10;/h1-4H;1H2. The monoisotopic (exact) mass is 256 g/mol. The number of hydrogen-bond donors (Lipinski definition) is 0. The molecule has 0 saturated heterocycles. The Kier molecular flexibility index (Phi) is 4.78. The second-order valence-electron chi connectivity index (χ2n) is 1.75. The van der Waals surface area contributed by atoms with Gasteiger partial charge >= 0.3 is 17.1 Å². The number of benzene rings is 1. The second kappa shape index (κ2) is 4.78. The SMILES string of the molecule is O=C(Cl)c1ccccc1Cl.[SeH2]. The van der Waals surface area contributed by atoms with Gasteiger partial charge in [-0.1, -0.05) is 23.7 Å². The zero-order valence-electron chi connectivity index (χ0n) is 5.47. The Bertz CT molecular complexity index is 262. The number of carbonyl (C=O) groups is 1. The first kappa shape index (κ1) is 11.0. The molecule has 0 N–H and O–H groups in total. The van der Waals surface area contributed by atoms with Crippen molar-refractivity contribution < 1.29 is 4.79 Å². The summed E-state index contributed by atoms with van der Waals surface area (Å²) in [7, 11) is 0. The minimum absolute atomic E-state index is 0. The van der Waals surface area contributed by atoms with Gasteiger partial charge in [0.25, 0.3) is 5.24 Å². The molecule has 0 saturated carbocycles. The van der Waals surface area contributed by atoms with E-state index in [9.17, 15) is 4.79 Å². The summed E-state index contributed by atoms with van der Waals surface area (Å²) in [6.07, 6.45) is 0. The number of halogens is 2. The van der Waals surface area contributed by atoms with E-state index in [4.69, 9.17) is 23.2 Å². The molecule has 0 spiro atoms. The molecule has 1 aromatic carbocycles. The van der Waals surface area contributed by atoms with E-state index in [0.29, 0.717) is 10.6 Å². The third-order valence-electron chi connectivity index (χ3n) is 1.09. The van der Waals surface area contributed by atoms with Gasteiger partial charge in [0.2, 0.25) is 0 Å². The van der Waals surface area contributed by atoms with E-state index in [1.54, 1.807) is 24.3 Å². The number of rotatable bonds is 1. The molecule has 0 aromatic heterocycles. The molecule has 11 heavy (non-hydrogen) atoms. The van der Waals surface area contributed by atoms with E-state index in [-0.39, 0.29) is 17.1 Å². The van der Waals surface area contributed by atoms with Gasteiger partial charge in [0.05, 0.1) is 10.6 Å². The van der Waals surface area contributed by atoms with Crippen molar-refractivity contribution in [3.05, 3.63) is 34.9 Å². The molecule has 1 nitrogen and oxygen atoms in total. The van der Waals surface area contributed by atoms with E-state index in [1.165, 1.54) is 0 Å². The molecule has 0 heterocycles. The molecule has 4 heteroatoms. The fourth-order valence-corrected chi connectivity index (χ4v) is 1.06. The molecule has 0 amide bonds. The van der Waals surface area contributed by atoms with E-state index in [1.807, 2.05) is 0 Å². The van der Waals surface area contributed by atoms with Crippen LogP contribution in [0.4, 0.5) is 0 Å². The quantitative estimate of drug-likeness (QED) is 0.553. The van der Waals surface area contributed by atoms with Crippen molar-refractivity contribution >= 4 is 45.5 Å². The van der Waals surface area contributed by atoms with Crippen LogP contribution in [0.1, 0.15) is 10.4 Å². The Morgan fingerprint density at radius 2 is 1.82 bits per heavy atom. The van der Waals surface area contributed by atoms with Gasteiger partial charge in [-0.3, -0.25) is 4.79 Å². The third-order valence-corrected chi connectivity index (χ3v) is 1.62. The van der Waals surface area contributed by atoms with E-state index < -0.39 is 5.24 Å². The van der Waals surface area contributed by atoms with E-state index in [2.05, 4.69) is 0 Å². The van der Waals surface area contributed by atoms with Crippen molar-refractivity contribution in [2.75, 3.05) is 0 Å². The molecule has 0 aliphatic heterocycles. The van der Waals surface area contributed by atoms with Gasteiger partial charge in [-0.25, -0.2) is 0 Å². The van der Waals surface area contributed by atoms with Crippen molar-refractivity contribution in [2.45, 2.75) is 0 Å². The average Bonchev–Trinajstić information content (AvgIpc) is 1.88. The number of carbonyl (C=O) groups excluding carboxylic acids is 1. The summed E-state index contributed by atoms with van der Waals surface area (Å²) in [6.45, 7) is 0. The summed E-state index contributed by atoms with van der Waals surface area (Å²) in [5.74, 6) is 0. The molecule has 0 aliphatic carbocycles. The molecule has 1 rings (SSSR count). The molecule has 0 fully saturated rings. The van der Waals surface area contributed by atoms with Crippen LogP contribution in [-0.2, 0) is 0 Å². The first-order valence-electron chi connectivity index (χ1n) is 2.66. The van der Waals surface area contributed by atoms with Gasteiger partial charge in [0.1, 0.15) is 0 Å². The summed E-state index contributed by atoms with van der Waals surface area (Å²) in [6, 6.07) is 6.65. The Balaban J connectivity index is 0.000001000. The van der Waals surface area contributed by atoms with Gasteiger partial charge in [-0.15, -0.1) is 0 Å². The van der Waals surface area contributed by atoms with Gasteiger partial charge < -0.3 is 0 Å². The Morgan fingerprint density at radius 1 is 1.27 bits per heavy atom.